The van der Waals surface area contributed by atoms with Gasteiger partial charge in [-0.3, -0.25) is 9.59 Å². The van der Waals surface area contributed by atoms with Crippen molar-refractivity contribution >= 4 is 29.1 Å². The van der Waals surface area contributed by atoms with Crippen LogP contribution in [-0.4, -0.2) is 17.9 Å². The third-order valence-corrected chi connectivity index (χ3v) is 4.41. The first-order valence-corrected chi connectivity index (χ1v) is 9.57. The standard InChI is InChI=1S/C22H21ClN2O4/c1-2-20(29-16-8-5-7-15(23)13-16)22(27)25-19-11-4-3-10-18(19)21(26)24-14-17-9-6-12-28-17/h3-13,20H,2,14H2,1H3,(H,24,26)(H,25,27)/t20-/m1/s1. The van der Waals surface area contributed by atoms with Crippen molar-refractivity contribution in [3.63, 3.8) is 0 Å². The van der Waals surface area contributed by atoms with Crippen LogP contribution in [0, 0.1) is 0 Å². The molecule has 0 fully saturated rings. The van der Waals surface area contributed by atoms with Crippen molar-refractivity contribution < 1.29 is 18.7 Å². The summed E-state index contributed by atoms with van der Waals surface area (Å²) in [5, 5.41) is 6.09. The highest BCUT2D eigenvalue weighted by Crippen LogP contribution is 2.21. The molecule has 6 nitrogen and oxygen atoms in total. The first kappa shape index (κ1) is 20.5. The summed E-state index contributed by atoms with van der Waals surface area (Å²) in [5.74, 6) is 0.477. The number of hydrogen-bond acceptors (Lipinski definition) is 4. The molecule has 0 aliphatic heterocycles. The Hall–Kier alpha value is -3.25. The van der Waals surface area contributed by atoms with Crippen LogP contribution >= 0.6 is 11.6 Å². The van der Waals surface area contributed by atoms with E-state index in [0.717, 1.165) is 0 Å². The molecule has 3 aromatic rings. The quantitative estimate of drug-likeness (QED) is 0.564. The fourth-order valence-electron chi connectivity index (χ4n) is 2.71. The van der Waals surface area contributed by atoms with E-state index < -0.39 is 6.10 Å². The minimum absolute atomic E-state index is 0.254. The second-order valence-electron chi connectivity index (χ2n) is 6.27. The van der Waals surface area contributed by atoms with Crippen LogP contribution in [0.2, 0.25) is 5.02 Å². The van der Waals surface area contributed by atoms with Crippen molar-refractivity contribution in [2.75, 3.05) is 5.32 Å². The maximum absolute atomic E-state index is 12.7. The highest BCUT2D eigenvalue weighted by Gasteiger charge is 2.21. The smallest absolute Gasteiger partial charge is 0.265 e. The summed E-state index contributed by atoms with van der Waals surface area (Å²) in [5.41, 5.74) is 0.757. The van der Waals surface area contributed by atoms with Gasteiger partial charge in [-0.1, -0.05) is 36.7 Å². The predicted octanol–water partition coefficient (Wildman–Crippen LogP) is 4.66. The maximum atomic E-state index is 12.7. The highest BCUT2D eigenvalue weighted by atomic mass is 35.5. The van der Waals surface area contributed by atoms with Crippen LogP contribution in [0.15, 0.2) is 71.3 Å². The average Bonchev–Trinajstić information content (AvgIpc) is 3.24. The number of benzene rings is 2. The van der Waals surface area contributed by atoms with Crippen molar-refractivity contribution in [2.24, 2.45) is 0 Å². The number of rotatable bonds is 8. The fraction of sp³-hybridized carbons (Fsp3) is 0.182. The molecule has 0 saturated carbocycles. The minimum atomic E-state index is -0.729. The lowest BCUT2D eigenvalue weighted by Crippen LogP contribution is -2.33. The largest absolute Gasteiger partial charge is 0.481 e. The normalized spacial score (nSPS) is 11.5. The number of hydrogen-bond donors (Lipinski definition) is 2. The van der Waals surface area contributed by atoms with Crippen LogP contribution in [0.4, 0.5) is 5.69 Å². The summed E-state index contributed by atoms with van der Waals surface area (Å²) in [4.78, 5) is 25.3. The van der Waals surface area contributed by atoms with Crippen LogP contribution in [0.3, 0.4) is 0 Å². The van der Waals surface area contributed by atoms with E-state index in [1.165, 1.54) is 0 Å². The molecular formula is C22H21ClN2O4. The minimum Gasteiger partial charge on any atom is -0.481 e. The van der Waals surface area contributed by atoms with Gasteiger partial charge in [0.15, 0.2) is 6.10 Å². The van der Waals surface area contributed by atoms with E-state index in [0.29, 0.717) is 34.2 Å². The number of ether oxygens (including phenoxy) is 1. The van der Waals surface area contributed by atoms with Gasteiger partial charge in [0.1, 0.15) is 11.5 Å². The Morgan fingerprint density at radius 3 is 2.66 bits per heavy atom. The Morgan fingerprint density at radius 2 is 1.93 bits per heavy atom. The highest BCUT2D eigenvalue weighted by molar-refractivity contribution is 6.30. The van der Waals surface area contributed by atoms with Gasteiger partial charge in [-0.25, -0.2) is 0 Å². The molecule has 1 heterocycles. The van der Waals surface area contributed by atoms with Crippen molar-refractivity contribution in [2.45, 2.75) is 26.0 Å². The van der Waals surface area contributed by atoms with E-state index in [9.17, 15) is 9.59 Å². The molecule has 2 amide bonds. The molecule has 0 saturated heterocycles. The van der Waals surface area contributed by atoms with Crippen molar-refractivity contribution in [3.8, 4) is 5.75 Å². The number of carbonyl (C=O) groups is 2. The van der Waals surface area contributed by atoms with Gasteiger partial charge in [0, 0.05) is 5.02 Å². The molecule has 0 aliphatic rings. The molecule has 0 unspecified atom stereocenters. The first-order chi connectivity index (χ1) is 14.1. The second kappa shape index (κ2) is 9.80. The van der Waals surface area contributed by atoms with Crippen LogP contribution < -0.4 is 15.4 Å². The third-order valence-electron chi connectivity index (χ3n) is 4.17. The Labute approximate surface area is 173 Å². The van der Waals surface area contributed by atoms with Gasteiger partial charge in [0.25, 0.3) is 11.8 Å². The Balaban J connectivity index is 1.68. The summed E-state index contributed by atoms with van der Waals surface area (Å²) in [7, 11) is 0. The lowest BCUT2D eigenvalue weighted by molar-refractivity contribution is -0.122. The molecule has 0 radical (unpaired) electrons. The summed E-state index contributed by atoms with van der Waals surface area (Å²) in [6.45, 7) is 2.10. The molecule has 150 valence electrons. The van der Waals surface area contributed by atoms with Crippen LogP contribution in [0.5, 0.6) is 5.75 Å². The molecular weight excluding hydrogens is 392 g/mol. The SMILES string of the molecule is CC[C@@H](Oc1cccc(Cl)c1)C(=O)Nc1ccccc1C(=O)NCc1ccco1. The Bertz CT molecular complexity index is 972. The van der Waals surface area contributed by atoms with E-state index >= 15 is 0 Å². The number of halogens is 1. The molecule has 2 aromatic carbocycles. The third kappa shape index (κ3) is 5.62. The van der Waals surface area contributed by atoms with Crippen molar-refractivity contribution in [1.29, 1.82) is 0 Å². The number of nitrogens with one attached hydrogen (secondary N) is 2. The van der Waals surface area contributed by atoms with E-state index in [1.807, 2.05) is 6.92 Å². The molecule has 1 aromatic heterocycles. The Kier molecular flexibility index (Phi) is 6.92. The fourth-order valence-corrected chi connectivity index (χ4v) is 2.89. The molecule has 0 spiro atoms. The van der Waals surface area contributed by atoms with Gasteiger partial charge in [-0.05, 0) is 48.9 Å². The molecule has 2 N–H and O–H groups in total. The van der Waals surface area contributed by atoms with E-state index in [1.54, 1.807) is 66.9 Å². The zero-order valence-electron chi connectivity index (χ0n) is 15.9. The van der Waals surface area contributed by atoms with E-state index in [2.05, 4.69) is 10.6 Å². The lowest BCUT2D eigenvalue weighted by Gasteiger charge is -2.18. The van der Waals surface area contributed by atoms with Crippen LogP contribution in [0.1, 0.15) is 29.5 Å². The zero-order valence-corrected chi connectivity index (χ0v) is 16.6. The Morgan fingerprint density at radius 1 is 1.10 bits per heavy atom. The monoisotopic (exact) mass is 412 g/mol. The average molecular weight is 413 g/mol. The van der Waals surface area contributed by atoms with Gasteiger partial charge in [0.2, 0.25) is 0 Å². The summed E-state index contributed by atoms with van der Waals surface area (Å²) in [6, 6.07) is 17.2. The van der Waals surface area contributed by atoms with Crippen molar-refractivity contribution in [3.05, 3.63) is 83.3 Å². The van der Waals surface area contributed by atoms with E-state index in [4.69, 9.17) is 20.8 Å². The van der Waals surface area contributed by atoms with Gasteiger partial charge >= 0.3 is 0 Å². The van der Waals surface area contributed by atoms with Gasteiger partial charge in [-0.2, -0.15) is 0 Å². The number of furan rings is 1. The molecule has 0 bridgehead atoms. The predicted molar refractivity (Wildman–Crippen MR) is 111 cm³/mol. The molecule has 1 atom stereocenters. The number of amides is 2. The second-order valence-corrected chi connectivity index (χ2v) is 6.71. The van der Waals surface area contributed by atoms with Crippen LogP contribution in [0.25, 0.3) is 0 Å². The first-order valence-electron chi connectivity index (χ1n) is 9.19. The topological polar surface area (TPSA) is 80.6 Å². The number of carbonyl (C=O) groups excluding carboxylic acids is 2. The number of para-hydroxylation sites is 1. The summed E-state index contributed by atoms with van der Waals surface area (Å²) in [6.07, 6.45) is 1.26. The summed E-state index contributed by atoms with van der Waals surface area (Å²) < 4.78 is 11.0. The molecule has 7 heteroatoms. The molecule has 29 heavy (non-hydrogen) atoms. The van der Waals surface area contributed by atoms with E-state index in [-0.39, 0.29) is 18.4 Å². The van der Waals surface area contributed by atoms with Gasteiger partial charge < -0.3 is 19.8 Å². The van der Waals surface area contributed by atoms with Crippen LogP contribution in [-0.2, 0) is 11.3 Å². The molecule has 3 rings (SSSR count). The maximum Gasteiger partial charge on any atom is 0.265 e. The van der Waals surface area contributed by atoms with Gasteiger partial charge in [0.05, 0.1) is 24.1 Å². The zero-order chi connectivity index (χ0) is 20.6. The lowest BCUT2D eigenvalue weighted by atomic mass is 10.1. The molecule has 0 aliphatic carbocycles. The van der Waals surface area contributed by atoms with Gasteiger partial charge in [-0.15, -0.1) is 0 Å². The number of anilines is 1. The van der Waals surface area contributed by atoms with Crippen molar-refractivity contribution in [1.82, 2.24) is 5.32 Å². The summed E-state index contributed by atoms with van der Waals surface area (Å²) >= 11 is 5.97.